The highest BCUT2D eigenvalue weighted by molar-refractivity contribution is 7.09. The smallest absolute Gasteiger partial charge is 0.273 e. The molecule has 7 nitrogen and oxygen atoms in total. The molecule has 1 fully saturated rings. The number of rotatable bonds is 11. The number of methoxy groups -OCH3 is 2. The average Bonchev–Trinajstić information content (AvgIpc) is 3.49. The van der Waals surface area contributed by atoms with Crippen molar-refractivity contribution in [3.8, 4) is 11.5 Å². The van der Waals surface area contributed by atoms with E-state index < -0.39 is 0 Å². The molecular formula is C33H37FN4O3S. The fourth-order valence-corrected chi connectivity index (χ4v) is 5.99. The van der Waals surface area contributed by atoms with Gasteiger partial charge in [-0.05, 0) is 48.7 Å². The van der Waals surface area contributed by atoms with Crippen LogP contribution in [0.3, 0.4) is 0 Å². The van der Waals surface area contributed by atoms with Crippen molar-refractivity contribution in [1.82, 2.24) is 14.8 Å². The Bertz CT molecular complexity index is 1480. The third-order valence-corrected chi connectivity index (χ3v) is 8.41. The largest absolute Gasteiger partial charge is 0.493 e. The van der Waals surface area contributed by atoms with E-state index in [9.17, 15) is 9.18 Å². The van der Waals surface area contributed by atoms with Gasteiger partial charge in [0.1, 0.15) is 16.5 Å². The van der Waals surface area contributed by atoms with Crippen molar-refractivity contribution in [2.24, 2.45) is 0 Å². The number of carbonyl (C=O) groups is 1. The van der Waals surface area contributed by atoms with Crippen molar-refractivity contribution < 1.29 is 18.7 Å². The third kappa shape index (κ3) is 7.27. The lowest BCUT2D eigenvalue weighted by Gasteiger charge is -2.35. The quantitative estimate of drug-likeness (QED) is 0.220. The number of amides is 1. The van der Waals surface area contributed by atoms with Gasteiger partial charge in [-0.3, -0.25) is 9.69 Å². The van der Waals surface area contributed by atoms with Crippen LogP contribution < -0.4 is 14.4 Å². The predicted octanol–water partition coefficient (Wildman–Crippen LogP) is 5.82. The average molecular weight is 589 g/mol. The fraction of sp³-hybridized carbons (Fsp3) is 0.333. The molecule has 1 amide bonds. The van der Waals surface area contributed by atoms with Crippen LogP contribution in [0, 0.1) is 12.7 Å². The summed E-state index contributed by atoms with van der Waals surface area (Å²) < 4.78 is 25.1. The van der Waals surface area contributed by atoms with Gasteiger partial charge in [-0.15, -0.1) is 11.3 Å². The zero-order valence-electron chi connectivity index (χ0n) is 24.4. The Kier molecular flexibility index (Phi) is 9.71. The molecule has 2 heterocycles. The Labute approximate surface area is 251 Å². The number of halogens is 1. The summed E-state index contributed by atoms with van der Waals surface area (Å²) in [5, 5.41) is 2.77. The molecule has 5 rings (SSSR count). The van der Waals surface area contributed by atoms with Gasteiger partial charge in [0.15, 0.2) is 11.5 Å². The van der Waals surface area contributed by atoms with Crippen molar-refractivity contribution in [3.63, 3.8) is 0 Å². The van der Waals surface area contributed by atoms with Gasteiger partial charge in [0.25, 0.3) is 5.91 Å². The summed E-state index contributed by atoms with van der Waals surface area (Å²) in [6.45, 7) is 6.55. The highest BCUT2D eigenvalue weighted by atomic mass is 32.1. The first-order valence-corrected chi connectivity index (χ1v) is 15.0. The van der Waals surface area contributed by atoms with Gasteiger partial charge in [0, 0.05) is 44.6 Å². The van der Waals surface area contributed by atoms with Crippen LogP contribution >= 0.6 is 11.3 Å². The zero-order chi connectivity index (χ0) is 29.5. The molecule has 1 aliphatic rings. The van der Waals surface area contributed by atoms with E-state index in [0.717, 1.165) is 35.8 Å². The summed E-state index contributed by atoms with van der Waals surface area (Å²) in [5.41, 5.74) is 4.68. The van der Waals surface area contributed by atoms with Gasteiger partial charge in [-0.2, -0.15) is 0 Å². The second-order valence-corrected chi connectivity index (χ2v) is 11.4. The number of hydrogen-bond acceptors (Lipinski definition) is 7. The minimum absolute atomic E-state index is 0.0684. The lowest BCUT2D eigenvalue weighted by atomic mass is 10.1. The Hall–Kier alpha value is -3.95. The molecule has 0 saturated carbocycles. The number of piperazine rings is 1. The minimum Gasteiger partial charge on any atom is -0.493 e. The Morgan fingerprint density at radius 1 is 0.929 bits per heavy atom. The van der Waals surface area contributed by atoms with Gasteiger partial charge in [-0.1, -0.05) is 48.0 Å². The number of thiazole rings is 1. The van der Waals surface area contributed by atoms with Crippen molar-refractivity contribution >= 4 is 22.9 Å². The number of anilines is 1. The third-order valence-electron chi connectivity index (χ3n) is 7.58. The lowest BCUT2D eigenvalue weighted by Crippen LogP contribution is -2.49. The van der Waals surface area contributed by atoms with E-state index >= 15 is 0 Å². The standard InChI is InChI=1S/C33H37FN4O3S/c1-24-8-10-26(11-9-24)21-36(15-14-25-12-13-30(40-2)31(20-25)41-3)22-32-35-28(23-42-32)33(39)38-18-16-37(17-19-38)29-7-5-4-6-27(29)34/h4-13,20,23H,14-19,21-22H2,1-3H3. The molecule has 0 atom stereocenters. The summed E-state index contributed by atoms with van der Waals surface area (Å²) in [5.74, 6) is 1.13. The minimum atomic E-state index is -0.234. The lowest BCUT2D eigenvalue weighted by molar-refractivity contribution is 0.0741. The second kappa shape index (κ2) is 13.8. The van der Waals surface area contributed by atoms with Crippen LogP contribution in [0.2, 0.25) is 0 Å². The summed E-state index contributed by atoms with van der Waals surface area (Å²) >= 11 is 1.52. The maximum atomic E-state index is 14.2. The molecule has 220 valence electrons. The molecular weight excluding hydrogens is 551 g/mol. The van der Waals surface area contributed by atoms with Crippen LogP contribution in [-0.4, -0.2) is 67.6 Å². The van der Waals surface area contributed by atoms with Gasteiger partial charge < -0.3 is 19.3 Å². The molecule has 0 unspecified atom stereocenters. The van der Waals surface area contributed by atoms with Crippen LogP contribution in [0.5, 0.6) is 11.5 Å². The van der Waals surface area contributed by atoms with E-state index in [0.29, 0.717) is 49.9 Å². The van der Waals surface area contributed by atoms with E-state index in [2.05, 4.69) is 42.2 Å². The highest BCUT2D eigenvalue weighted by Gasteiger charge is 2.25. The van der Waals surface area contributed by atoms with Gasteiger partial charge in [0.05, 0.1) is 26.5 Å². The monoisotopic (exact) mass is 588 g/mol. The Balaban J connectivity index is 1.23. The number of nitrogens with zero attached hydrogens (tertiary/aromatic N) is 4. The molecule has 1 saturated heterocycles. The molecule has 4 aromatic rings. The number of ether oxygens (including phenoxy) is 2. The van der Waals surface area contributed by atoms with Crippen LogP contribution in [0.15, 0.2) is 72.1 Å². The van der Waals surface area contributed by atoms with Crippen molar-refractivity contribution in [1.29, 1.82) is 0 Å². The molecule has 0 aliphatic carbocycles. The first-order valence-electron chi connectivity index (χ1n) is 14.2. The molecule has 3 aromatic carbocycles. The summed E-state index contributed by atoms with van der Waals surface area (Å²) in [4.78, 5) is 24.2. The van der Waals surface area contributed by atoms with Crippen molar-refractivity contribution in [3.05, 3.63) is 105 Å². The van der Waals surface area contributed by atoms with E-state index in [1.54, 1.807) is 26.4 Å². The fourth-order valence-electron chi connectivity index (χ4n) is 5.18. The maximum Gasteiger partial charge on any atom is 0.273 e. The van der Waals surface area contributed by atoms with Crippen LogP contribution in [0.4, 0.5) is 10.1 Å². The molecule has 9 heteroatoms. The van der Waals surface area contributed by atoms with Crippen molar-refractivity contribution in [2.75, 3.05) is 51.8 Å². The molecule has 0 radical (unpaired) electrons. The molecule has 1 aromatic heterocycles. The summed E-state index contributed by atoms with van der Waals surface area (Å²) in [6.07, 6.45) is 0.829. The van der Waals surface area contributed by atoms with Crippen LogP contribution in [-0.2, 0) is 19.5 Å². The summed E-state index contributed by atoms with van der Waals surface area (Å²) in [7, 11) is 3.29. The van der Waals surface area contributed by atoms with Crippen LogP contribution in [0.1, 0.15) is 32.2 Å². The highest BCUT2D eigenvalue weighted by Crippen LogP contribution is 2.28. The van der Waals surface area contributed by atoms with Gasteiger partial charge in [-0.25, -0.2) is 9.37 Å². The SMILES string of the molecule is COc1ccc(CCN(Cc2ccc(C)cc2)Cc2nc(C(=O)N3CCN(c4ccccc4F)CC3)cs2)cc1OC. The number of aryl methyl sites for hydroxylation is 1. The first kappa shape index (κ1) is 29.5. The molecule has 0 bridgehead atoms. The van der Waals surface area contributed by atoms with E-state index in [1.165, 1.54) is 28.5 Å². The topological polar surface area (TPSA) is 58.1 Å². The predicted molar refractivity (Wildman–Crippen MR) is 165 cm³/mol. The number of hydrogen-bond donors (Lipinski definition) is 0. The first-order chi connectivity index (χ1) is 20.4. The number of carbonyl (C=O) groups excluding carboxylic acids is 1. The number of aromatic nitrogens is 1. The van der Waals surface area contributed by atoms with E-state index in [1.807, 2.05) is 33.4 Å². The Morgan fingerprint density at radius 3 is 2.36 bits per heavy atom. The molecule has 42 heavy (non-hydrogen) atoms. The van der Waals surface area contributed by atoms with E-state index in [-0.39, 0.29) is 11.7 Å². The molecule has 1 aliphatic heterocycles. The second-order valence-electron chi connectivity index (χ2n) is 10.5. The zero-order valence-corrected chi connectivity index (χ0v) is 25.2. The molecule has 0 spiro atoms. The maximum absolute atomic E-state index is 14.2. The van der Waals surface area contributed by atoms with Gasteiger partial charge in [0.2, 0.25) is 0 Å². The molecule has 0 N–H and O–H groups in total. The van der Waals surface area contributed by atoms with Gasteiger partial charge >= 0.3 is 0 Å². The van der Waals surface area contributed by atoms with Crippen LogP contribution in [0.25, 0.3) is 0 Å². The number of para-hydroxylation sites is 1. The summed E-state index contributed by atoms with van der Waals surface area (Å²) in [6, 6.07) is 21.4. The Morgan fingerprint density at radius 2 is 1.64 bits per heavy atom. The normalized spacial score (nSPS) is 13.5. The van der Waals surface area contributed by atoms with Crippen molar-refractivity contribution in [2.45, 2.75) is 26.4 Å². The van der Waals surface area contributed by atoms with E-state index in [4.69, 9.17) is 14.5 Å². The number of benzene rings is 3.